The number of halogens is 3. The molecule has 2 aliphatic rings. The van der Waals surface area contributed by atoms with E-state index in [9.17, 15) is 18.4 Å². The Morgan fingerprint density at radius 2 is 1.63 bits per heavy atom. The summed E-state index contributed by atoms with van der Waals surface area (Å²) in [5.74, 6) is -2.81. The van der Waals surface area contributed by atoms with Crippen molar-refractivity contribution in [3.05, 3.63) is 113 Å². The van der Waals surface area contributed by atoms with E-state index in [0.717, 1.165) is 43.6 Å². The number of aromatic nitrogens is 6. The van der Waals surface area contributed by atoms with Gasteiger partial charge in [0, 0.05) is 55.2 Å². The van der Waals surface area contributed by atoms with Gasteiger partial charge in [-0.05, 0) is 74.5 Å². The lowest BCUT2D eigenvalue weighted by molar-refractivity contribution is -0.192. The molecule has 4 atom stereocenters. The summed E-state index contributed by atoms with van der Waals surface area (Å²) < 4.78 is 51.2. The fourth-order valence-corrected chi connectivity index (χ4v) is 6.75. The number of carbonyl (C=O) groups excluding carboxylic acids is 1. The van der Waals surface area contributed by atoms with Crippen LogP contribution in [-0.4, -0.2) is 92.4 Å². The molecular weight excluding hydrogens is 724 g/mol. The van der Waals surface area contributed by atoms with Crippen molar-refractivity contribution in [2.75, 3.05) is 55.1 Å². The van der Waals surface area contributed by atoms with Crippen molar-refractivity contribution >= 4 is 28.9 Å². The van der Waals surface area contributed by atoms with Crippen LogP contribution in [0.25, 0.3) is 5.69 Å². The number of ether oxygens (including phenoxy) is 3. The Hall–Kier alpha value is -5.32. The molecule has 3 aromatic carbocycles. The van der Waals surface area contributed by atoms with Crippen LogP contribution in [0.3, 0.4) is 0 Å². The van der Waals surface area contributed by atoms with Gasteiger partial charge < -0.3 is 29.3 Å². The summed E-state index contributed by atoms with van der Waals surface area (Å²) in [6.07, 6.45) is 3.80. The highest BCUT2D eigenvalue weighted by atomic mass is 35.5. The highest BCUT2D eigenvalue weighted by Gasteiger charge is 2.46. The van der Waals surface area contributed by atoms with Gasteiger partial charge in [0.2, 0.25) is 11.7 Å². The molecule has 0 radical (unpaired) electrons. The quantitative estimate of drug-likeness (QED) is 0.176. The predicted octanol–water partition coefficient (Wildman–Crippen LogP) is 3.88. The number of nitrogens with one attached hydrogen (secondary N) is 1. The van der Waals surface area contributed by atoms with Crippen molar-refractivity contribution in [2.24, 2.45) is 0 Å². The average molecular weight is 764 g/mol. The van der Waals surface area contributed by atoms with Crippen LogP contribution in [-0.2, 0) is 26.6 Å². The zero-order chi connectivity index (χ0) is 37.8. The van der Waals surface area contributed by atoms with Gasteiger partial charge in [-0.15, -0.1) is 11.6 Å². The third-order valence-corrected chi connectivity index (χ3v) is 10.0. The van der Waals surface area contributed by atoms with Crippen LogP contribution in [0.15, 0.2) is 90.5 Å². The van der Waals surface area contributed by atoms with E-state index in [1.54, 1.807) is 6.92 Å². The number of hydrogen-bond donors (Lipinski definition) is 1. The fourth-order valence-electron chi connectivity index (χ4n) is 6.67. The van der Waals surface area contributed by atoms with Gasteiger partial charge in [0.05, 0.1) is 18.3 Å². The Kier molecular flexibility index (Phi) is 10.9. The first-order chi connectivity index (χ1) is 26.1. The molecule has 1 N–H and O–H groups in total. The number of hydrogen-bond acceptors (Lipinski definition) is 10. The molecular formula is C37H40ClF2N9O5. The third-order valence-electron chi connectivity index (χ3n) is 9.76. The monoisotopic (exact) mass is 763 g/mol. The van der Waals surface area contributed by atoms with E-state index in [4.69, 9.17) is 25.8 Å². The molecule has 14 nitrogen and oxygen atoms in total. The molecule has 2 fully saturated rings. The summed E-state index contributed by atoms with van der Waals surface area (Å²) >= 11 is 5.60. The van der Waals surface area contributed by atoms with E-state index < -0.39 is 23.5 Å². The Bertz CT molecular complexity index is 2090. The lowest BCUT2D eigenvalue weighted by Crippen LogP contribution is -2.46. The van der Waals surface area contributed by atoms with Gasteiger partial charge in [0.1, 0.15) is 61.5 Å². The topological polar surface area (TPSA) is 134 Å². The number of rotatable bonds is 13. The van der Waals surface area contributed by atoms with Crippen LogP contribution in [0.1, 0.15) is 25.5 Å². The molecule has 2 aliphatic heterocycles. The van der Waals surface area contributed by atoms with Crippen molar-refractivity contribution < 1.29 is 27.8 Å². The number of anilines is 2. The van der Waals surface area contributed by atoms with E-state index in [1.165, 1.54) is 45.0 Å². The third kappa shape index (κ3) is 7.95. The molecule has 2 saturated heterocycles. The summed E-state index contributed by atoms with van der Waals surface area (Å²) in [5.41, 5.74) is 2.59. The summed E-state index contributed by atoms with van der Waals surface area (Å²) in [6.45, 7) is 7.18. The average Bonchev–Trinajstić information content (AvgIpc) is 3.95. The minimum atomic E-state index is -1.53. The van der Waals surface area contributed by atoms with E-state index in [1.807, 2.05) is 55.5 Å². The minimum Gasteiger partial charge on any atom is -0.491 e. The molecule has 17 heteroatoms. The van der Waals surface area contributed by atoms with Crippen LogP contribution in [0, 0.1) is 11.6 Å². The second-order valence-electron chi connectivity index (χ2n) is 13.3. The van der Waals surface area contributed by atoms with Crippen molar-refractivity contribution in [2.45, 2.75) is 44.4 Å². The Labute approximate surface area is 314 Å². The second kappa shape index (κ2) is 16.0. The first-order valence-electron chi connectivity index (χ1n) is 17.6. The van der Waals surface area contributed by atoms with Crippen molar-refractivity contribution in [1.82, 2.24) is 34.4 Å². The summed E-state index contributed by atoms with van der Waals surface area (Å²) in [7, 11) is 0. The molecule has 5 aromatic rings. The van der Waals surface area contributed by atoms with Gasteiger partial charge in [-0.25, -0.2) is 32.5 Å². The number of piperazine rings is 1. The number of benzene rings is 3. The zero-order valence-corrected chi connectivity index (χ0v) is 30.5. The van der Waals surface area contributed by atoms with E-state index in [2.05, 4.69) is 30.3 Å². The Morgan fingerprint density at radius 1 is 0.963 bits per heavy atom. The molecule has 0 saturated carbocycles. The maximum atomic E-state index is 14.9. The van der Waals surface area contributed by atoms with Crippen LogP contribution in [0.5, 0.6) is 5.75 Å². The van der Waals surface area contributed by atoms with Gasteiger partial charge in [0.25, 0.3) is 0 Å². The highest BCUT2D eigenvalue weighted by Crippen LogP contribution is 2.38. The predicted molar refractivity (Wildman–Crippen MR) is 196 cm³/mol. The van der Waals surface area contributed by atoms with Crippen LogP contribution in [0.2, 0.25) is 0 Å². The maximum Gasteiger partial charge on any atom is 0.350 e. The molecule has 1 amide bonds. The number of alkyl halides is 1. The molecule has 0 bridgehead atoms. The van der Waals surface area contributed by atoms with Crippen LogP contribution in [0.4, 0.5) is 20.2 Å². The first kappa shape index (κ1) is 37.0. The van der Waals surface area contributed by atoms with Gasteiger partial charge in [-0.1, -0.05) is 0 Å². The molecule has 0 spiro atoms. The van der Waals surface area contributed by atoms with Crippen LogP contribution >= 0.6 is 11.6 Å². The SMILES string of the molecule is CC(NC(=O)CCl)[C@H](C)n1ncn(-c2ccc(N3CCN(c4ccc(OC[C@H]5CO[C@@](Cn6cncn6)(c6ccc(F)cc6F)O5)cc4)CC3)cc2)c1=O. The van der Waals surface area contributed by atoms with Crippen molar-refractivity contribution in [3.63, 3.8) is 0 Å². The molecule has 284 valence electrons. The van der Waals surface area contributed by atoms with Crippen molar-refractivity contribution in [1.29, 1.82) is 0 Å². The Balaban J connectivity index is 0.911. The molecule has 4 heterocycles. The molecule has 54 heavy (non-hydrogen) atoms. The lowest BCUT2D eigenvalue weighted by atomic mass is 10.0. The Morgan fingerprint density at radius 3 is 2.26 bits per heavy atom. The highest BCUT2D eigenvalue weighted by molar-refractivity contribution is 6.27. The van der Waals surface area contributed by atoms with Gasteiger partial charge in [-0.2, -0.15) is 10.2 Å². The zero-order valence-electron chi connectivity index (χ0n) is 29.7. The normalized spacial score (nSPS) is 19.8. The number of amides is 1. The summed E-state index contributed by atoms with van der Waals surface area (Å²) in [4.78, 5) is 33.4. The van der Waals surface area contributed by atoms with Gasteiger partial charge >= 0.3 is 5.69 Å². The van der Waals surface area contributed by atoms with Crippen LogP contribution < -0.4 is 25.5 Å². The second-order valence-corrected chi connectivity index (χ2v) is 13.5. The largest absolute Gasteiger partial charge is 0.491 e. The fraction of sp³-hybridized carbons (Fsp3) is 0.378. The summed E-state index contributed by atoms with van der Waals surface area (Å²) in [5, 5.41) is 11.2. The van der Waals surface area contributed by atoms with Gasteiger partial charge in [0.15, 0.2) is 0 Å². The van der Waals surface area contributed by atoms with Gasteiger partial charge in [-0.3, -0.25) is 4.79 Å². The minimum absolute atomic E-state index is 0.0200. The number of nitrogens with zero attached hydrogens (tertiary/aromatic N) is 8. The van der Waals surface area contributed by atoms with Crippen molar-refractivity contribution in [3.8, 4) is 11.4 Å². The summed E-state index contributed by atoms with van der Waals surface area (Å²) in [6, 6.07) is 18.2. The molecule has 0 aliphatic carbocycles. The van der Waals surface area contributed by atoms with E-state index in [0.29, 0.717) is 11.4 Å². The smallest absolute Gasteiger partial charge is 0.350 e. The number of carbonyl (C=O) groups is 1. The lowest BCUT2D eigenvalue weighted by Gasteiger charge is -2.37. The maximum absolute atomic E-state index is 14.9. The molecule has 2 aromatic heterocycles. The molecule has 1 unspecified atom stereocenters. The van der Waals surface area contributed by atoms with E-state index >= 15 is 0 Å². The van der Waals surface area contributed by atoms with E-state index in [-0.39, 0.29) is 54.9 Å². The first-order valence-corrected chi connectivity index (χ1v) is 18.1. The molecule has 7 rings (SSSR count). The standard InChI is InChI=1S/C37H40ClF2N9O5/c1-25(44-35(50)18-38)26(2)49-36(51)48(24-43-49)30-6-4-28(5-7-30)45-13-15-46(16-14-45)29-8-10-31(11-9-29)52-19-32-20-53-37(54-32,21-47-23-41-22-42-47)33-12-3-27(39)17-34(33)40/h3-12,17,22-26,32H,13-16,18-21H2,1-2H3,(H,44,50)/t25?,26-,32-,37+/m0/s1.